The lowest BCUT2D eigenvalue weighted by molar-refractivity contribution is 0.228. The van der Waals surface area contributed by atoms with Crippen LogP contribution in [0.5, 0.6) is 5.75 Å². The van der Waals surface area contributed by atoms with Crippen molar-refractivity contribution < 1.29 is 4.74 Å². The Morgan fingerprint density at radius 3 is 2.83 bits per heavy atom. The van der Waals surface area contributed by atoms with E-state index < -0.39 is 0 Å². The van der Waals surface area contributed by atoms with Crippen molar-refractivity contribution in [3.05, 3.63) is 29.8 Å². The van der Waals surface area contributed by atoms with Crippen LogP contribution in [0.3, 0.4) is 0 Å². The van der Waals surface area contributed by atoms with Gasteiger partial charge in [-0.1, -0.05) is 6.07 Å². The predicted octanol–water partition coefficient (Wildman–Crippen LogP) is 2.03. The van der Waals surface area contributed by atoms with Crippen LogP contribution < -0.4 is 4.74 Å². The highest BCUT2D eigenvalue weighted by molar-refractivity contribution is 5.36. The molecule has 0 amide bonds. The SMILES string of the molecule is CC(C#N)CN(C)CCOc1cccc(C#N)c1. The van der Waals surface area contributed by atoms with E-state index in [1.165, 1.54) is 0 Å². The Morgan fingerprint density at radius 2 is 2.17 bits per heavy atom. The highest BCUT2D eigenvalue weighted by atomic mass is 16.5. The van der Waals surface area contributed by atoms with Crippen LogP contribution in [0.2, 0.25) is 0 Å². The van der Waals surface area contributed by atoms with Crippen LogP contribution in [-0.2, 0) is 0 Å². The van der Waals surface area contributed by atoms with Crippen molar-refractivity contribution in [2.75, 3.05) is 26.7 Å². The number of hydrogen-bond acceptors (Lipinski definition) is 4. The summed E-state index contributed by atoms with van der Waals surface area (Å²) in [7, 11) is 1.96. The zero-order valence-corrected chi connectivity index (χ0v) is 10.8. The van der Waals surface area contributed by atoms with Gasteiger partial charge in [-0.05, 0) is 32.2 Å². The van der Waals surface area contributed by atoms with E-state index in [-0.39, 0.29) is 5.92 Å². The summed E-state index contributed by atoms with van der Waals surface area (Å²) in [5.74, 6) is 0.729. The maximum Gasteiger partial charge on any atom is 0.120 e. The molecule has 0 fully saturated rings. The monoisotopic (exact) mass is 243 g/mol. The molecule has 94 valence electrons. The van der Waals surface area contributed by atoms with Gasteiger partial charge in [0.05, 0.1) is 23.6 Å². The van der Waals surface area contributed by atoms with Crippen LogP contribution in [0, 0.1) is 28.6 Å². The van der Waals surface area contributed by atoms with Gasteiger partial charge in [0.15, 0.2) is 0 Å². The number of benzene rings is 1. The molecule has 0 bridgehead atoms. The molecule has 0 saturated heterocycles. The van der Waals surface area contributed by atoms with Gasteiger partial charge in [0, 0.05) is 13.1 Å². The smallest absolute Gasteiger partial charge is 0.120 e. The summed E-state index contributed by atoms with van der Waals surface area (Å²) >= 11 is 0. The molecule has 0 aliphatic rings. The molecule has 1 atom stereocenters. The average molecular weight is 243 g/mol. The third-order valence-electron chi connectivity index (χ3n) is 2.51. The Labute approximate surface area is 108 Å². The first-order chi connectivity index (χ1) is 8.65. The Hall–Kier alpha value is -2.04. The Bertz CT molecular complexity index is 459. The molecule has 0 saturated carbocycles. The predicted molar refractivity (Wildman–Crippen MR) is 68.9 cm³/mol. The lowest BCUT2D eigenvalue weighted by atomic mass is 10.2. The van der Waals surface area contributed by atoms with Gasteiger partial charge in [0.1, 0.15) is 12.4 Å². The third-order valence-corrected chi connectivity index (χ3v) is 2.51. The molecule has 18 heavy (non-hydrogen) atoms. The Morgan fingerprint density at radius 1 is 1.39 bits per heavy atom. The van der Waals surface area contributed by atoms with Crippen molar-refractivity contribution in [2.24, 2.45) is 5.92 Å². The second-order valence-electron chi connectivity index (χ2n) is 4.28. The molecular formula is C14H17N3O. The molecule has 0 radical (unpaired) electrons. The van der Waals surface area contributed by atoms with E-state index in [4.69, 9.17) is 15.3 Å². The van der Waals surface area contributed by atoms with Crippen molar-refractivity contribution in [1.82, 2.24) is 4.90 Å². The van der Waals surface area contributed by atoms with E-state index in [0.717, 1.165) is 13.1 Å². The Balaban J connectivity index is 2.33. The minimum absolute atomic E-state index is 0.0249. The second kappa shape index (κ2) is 7.32. The largest absolute Gasteiger partial charge is 0.492 e. The zero-order chi connectivity index (χ0) is 13.4. The number of rotatable bonds is 6. The molecule has 1 aromatic carbocycles. The molecule has 0 heterocycles. The van der Waals surface area contributed by atoms with Gasteiger partial charge in [-0.2, -0.15) is 10.5 Å². The summed E-state index contributed by atoms with van der Waals surface area (Å²) in [6, 6.07) is 11.4. The summed E-state index contributed by atoms with van der Waals surface area (Å²) < 4.78 is 5.56. The normalized spacial score (nSPS) is 11.6. The molecule has 4 heteroatoms. The molecule has 0 aromatic heterocycles. The minimum Gasteiger partial charge on any atom is -0.492 e. The molecule has 1 unspecified atom stereocenters. The fourth-order valence-corrected chi connectivity index (χ4v) is 1.57. The van der Waals surface area contributed by atoms with Gasteiger partial charge in [-0.25, -0.2) is 0 Å². The first kappa shape index (κ1) is 14.0. The van der Waals surface area contributed by atoms with Crippen LogP contribution in [0.4, 0.5) is 0 Å². The van der Waals surface area contributed by atoms with Crippen LogP contribution in [0.25, 0.3) is 0 Å². The number of ether oxygens (including phenoxy) is 1. The van der Waals surface area contributed by atoms with Crippen molar-refractivity contribution in [3.63, 3.8) is 0 Å². The Kier molecular flexibility index (Phi) is 5.70. The molecular weight excluding hydrogens is 226 g/mol. The summed E-state index contributed by atoms with van der Waals surface area (Å²) in [4.78, 5) is 2.06. The standard InChI is InChI=1S/C14H17N3O/c1-12(9-15)11-17(2)6-7-18-14-5-3-4-13(8-14)10-16/h3-5,8,12H,6-7,11H2,1-2H3. The van der Waals surface area contributed by atoms with Gasteiger partial charge < -0.3 is 9.64 Å². The minimum atomic E-state index is 0.0249. The van der Waals surface area contributed by atoms with Crippen LogP contribution in [0.1, 0.15) is 12.5 Å². The maximum atomic E-state index is 8.76. The molecule has 0 spiro atoms. The molecule has 0 aliphatic carbocycles. The van der Waals surface area contributed by atoms with Crippen LogP contribution in [0.15, 0.2) is 24.3 Å². The lowest BCUT2D eigenvalue weighted by Gasteiger charge is -2.17. The molecule has 4 nitrogen and oxygen atoms in total. The van der Waals surface area contributed by atoms with E-state index >= 15 is 0 Å². The quantitative estimate of drug-likeness (QED) is 0.767. The van der Waals surface area contributed by atoms with Gasteiger partial charge in [0.25, 0.3) is 0 Å². The number of nitrogens with zero attached hydrogens (tertiary/aromatic N) is 3. The lowest BCUT2D eigenvalue weighted by Crippen LogP contribution is -2.28. The van der Waals surface area contributed by atoms with Gasteiger partial charge in [0.2, 0.25) is 0 Å². The van der Waals surface area contributed by atoms with Crippen LogP contribution in [-0.4, -0.2) is 31.6 Å². The number of likely N-dealkylation sites (N-methyl/N-ethyl adjacent to an activating group) is 1. The first-order valence-electron chi connectivity index (χ1n) is 5.87. The summed E-state index contributed by atoms with van der Waals surface area (Å²) in [5, 5.41) is 17.5. The second-order valence-corrected chi connectivity index (χ2v) is 4.28. The number of hydrogen-bond donors (Lipinski definition) is 0. The van der Waals surface area contributed by atoms with Gasteiger partial charge in [-0.3, -0.25) is 0 Å². The highest BCUT2D eigenvalue weighted by Gasteiger charge is 2.05. The summed E-state index contributed by atoms with van der Waals surface area (Å²) in [5.41, 5.74) is 0.596. The summed E-state index contributed by atoms with van der Waals surface area (Å²) in [6.45, 7) is 3.93. The molecule has 0 aliphatic heterocycles. The fraction of sp³-hybridized carbons (Fsp3) is 0.429. The maximum absolute atomic E-state index is 8.76. The summed E-state index contributed by atoms with van der Waals surface area (Å²) in [6.07, 6.45) is 0. The number of nitriles is 2. The van der Waals surface area contributed by atoms with Gasteiger partial charge >= 0.3 is 0 Å². The van der Waals surface area contributed by atoms with Crippen LogP contribution >= 0.6 is 0 Å². The highest BCUT2D eigenvalue weighted by Crippen LogP contribution is 2.12. The fourth-order valence-electron chi connectivity index (χ4n) is 1.57. The molecule has 0 N–H and O–H groups in total. The van der Waals surface area contributed by atoms with E-state index in [9.17, 15) is 0 Å². The topological polar surface area (TPSA) is 60.1 Å². The van der Waals surface area contributed by atoms with Crippen molar-refractivity contribution in [1.29, 1.82) is 10.5 Å². The van der Waals surface area contributed by atoms with Gasteiger partial charge in [-0.15, -0.1) is 0 Å². The third kappa shape index (κ3) is 4.86. The van der Waals surface area contributed by atoms with E-state index in [1.54, 1.807) is 18.2 Å². The van der Waals surface area contributed by atoms with Crippen molar-refractivity contribution >= 4 is 0 Å². The van der Waals surface area contributed by atoms with E-state index in [2.05, 4.69) is 17.0 Å². The van der Waals surface area contributed by atoms with E-state index in [1.807, 2.05) is 20.0 Å². The van der Waals surface area contributed by atoms with Crippen molar-refractivity contribution in [2.45, 2.75) is 6.92 Å². The first-order valence-corrected chi connectivity index (χ1v) is 5.87. The zero-order valence-electron chi connectivity index (χ0n) is 10.8. The van der Waals surface area contributed by atoms with E-state index in [0.29, 0.717) is 17.9 Å². The molecule has 1 aromatic rings. The molecule has 1 rings (SSSR count). The average Bonchev–Trinajstić information content (AvgIpc) is 2.38. The van der Waals surface area contributed by atoms with Crippen molar-refractivity contribution in [3.8, 4) is 17.9 Å².